The molecule has 0 bridgehead atoms. The lowest BCUT2D eigenvalue weighted by molar-refractivity contribution is -0.140. The molecule has 0 aromatic heterocycles. The number of aromatic hydroxyl groups is 2. The molecule has 1 fully saturated rings. The van der Waals surface area contributed by atoms with E-state index in [2.05, 4.69) is 0 Å². The Morgan fingerprint density at radius 2 is 1.73 bits per heavy atom. The number of rotatable bonds is 5. The molecule has 204 valence electrons. The summed E-state index contributed by atoms with van der Waals surface area (Å²) in [7, 11) is 1.44. The number of Topliss-reactive ketones (excluding diaryl/α,β-unsaturated/α-hetero) is 1. The largest absolute Gasteiger partial charge is 0.508 e. The van der Waals surface area contributed by atoms with Crippen LogP contribution < -0.4 is 4.74 Å². The van der Waals surface area contributed by atoms with Crippen molar-refractivity contribution >= 4 is 23.4 Å². The van der Waals surface area contributed by atoms with Gasteiger partial charge in [-0.05, 0) is 73.6 Å². The zero-order valence-electron chi connectivity index (χ0n) is 22.2. The van der Waals surface area contributed by atoms with Crippen molar-refractivity contribution in [2.45, 2.75) is 32.1 Å². The van der Waals surface area contributed by atoms with Gasteiger partial charge in [-0.1, -0.05) is 29.8 Å². The van der Waals surface area contributed by atoms with Gasteiger partial charge in [0.15, 0.2) is 23.1 Å². The van der Waals surface area contributed by atoms with Gasteiger partial charge in [-0.2, -0.15) is 0 Å². The van der Waals surface area contributed by atoms with E-state index >= 15 is 0 Å². The van der Waals surface area contributed by atoms with Gasteiger partial charge in [-0.3, -0.25) is 24.1 Å². The second-order valence-corrected chi connectivity index (χ2v) is 10.9. The van der Waals surface area contributed by atoms with E-state index in [-0.39, 0.29) is 53.6 Å². The molecule has 0 spiro atoms. The number of likely N-dealkylation sites (tertiary alicyclic amines) is 1. The van der Waals surface area contributed by atoms with Gasteiger partial charge >= 0.3 is 0 Å². The number of allylic oxidation sites excluding steroid dienone is 6. The van der Waals surface area contributed by atoms with Crippen LogP contribution in [0.2, 0.25) is 0 Å². The minimum absolute atomic E-state index is 0.0480. The summed E-state index contributed by atoms with van der Waals surface area (Å²) < 4.78 is 5.33. The first-order valence-corrected chi connectivity index (χ1v) is 13.4. The molecule has 0 radical (unpaired) electrons. The van der Waals surface area contributed by atoms with Gasteiger partial charge in [-0.25, -0.2) is 0 Å². The van der Waals surface area contributed by atoms with Crippen molar-refractivity contribution in [1.29, 1.82) is 0 Å². The minimum Gasteiger partial charge on any atom is -0.508 e. The van der Waals surface area contributed by atoms with Crippen molar-refractivity contribution in [2.24, 2.45) is 17.8 Å². The Kier molecular flexibility index (Phi) is 6.21. The molecule has 2 amide bonds. The average molecular weight is 540 g/mol. The van der Waals surface area contributed by atoms with E-state index in [9.17, 15) is 29.4 Å². The molecule has 1 heterocycles. The quantitative estimate of drug-likeness (QED) is 0.337. The second kappa shape index (κ2) is 9.62. The predicted octanol–water partition coefficient (Wildman–Crippen LogP) is 3.78. The first kappa shape index (κ1) is 25.8. The van der Waals surface area contributed by atoms with E-state index < -0.39 is 23.7 Å². The van der Waals surface area contributed by atoms with Crippen molar-refractivity contribution in [3.63, 3.8) is 0 Å². The molecule has 2 aromatic rings. The topological polar surface area (TPSA) is 121 Å². The number of carbonyl (C=O) groups is 4. The van der Waals surface area contributed by atoms with Crippen LogP contribution in [0.15, 0.2) is 76.9 Å². The molecule has 2 N–H and O–H groups in total. The fraction of sp³-hybridized carbons (Fsp3) is 0.312. The number of carbonyl (C=O) groups excluding carboxylic acids is 4. The SMILES string of the molecule is COc1cc([C@H]2C3=CC[C@@H]4C(=O)N(CCc5ccc(O)cc5)C(=O)[C@@H]4[C@@H]3CC3=C2C(=O)C=C(C)C3=O)ccc1O. The van der Waals surface area contributed by atoms with E-state index in [4.69, 9.17) is 4.74 Å². The van der Waals surface area contributed by atoms with Crippen LogP contribution >= 0.6 is 0 Å². The average Bonchev–Trinajstić information content (AvgIpc) is 3.19. The zero-order chi connectivity index (χ0) is 28.3. The van der Waals surface area contributed by atoms with Crippen molar-refractivity contribution in [1.82, 2.24) is 4.90 Å². The van der Waals surface area contributed by atoms with Gasteiger partial charge in [-0.15, -0.1) is 0 Å². The molecular formula is C32H29NO7. The normalized spacial score (nSPS) is 25.8. The molecule has 4 aliphatic rings. The Balaban J connectivity index is 1.39. The number of phenols is 2. The number of fused-ring (bicyclic) bond motifs is 3. The van der Waals surface area contributed by atoms with Crippen molar-refractivity contribution in [2.75, 3.05) is 13.7 Å². The van der Waals surface area contributed by atoms with Crippen LogP contribution in [0, 0.1) is 17.8 Å². The summed E-state index contributed by atoms with van der Waals surface area (Å²) in [5, 5.41) is 19.8. The van der Waals surface area contributed by atoms with Crippen LogP contribution in [-0.4, -0.2) is 52.1 Å². The lowest BCUT2D eigenvalue weighted by Gasteiger charge is -2.42. The third-order valence-electron chi connectivity index (χ3n) is 8.75. The summed E-state index contributed by atoms with van der Waals surface area (Å²) in [5.41, 5.74) is 3.57. The number of ether oxygens (including phenoxy) is 1. The van der Waals surface area contributed by atoms with Crippen LogP contribution in [0.5, 0.6) is 17.2 Å². The molecule has 8 heteroatoms. The summed E-state index contributed by atoms with van der Waals surface area (Å²) >= 11 is 0. The smallest absolute Gasteiger partial charge is 0.233 e. The fourth-order valence-electron chi connectivity index (χ4n) is 6.82. The molecule has 0 saturated carbocycles. The van der Waals surface area contributed by atoms with Crippen LogP contribution in [-0.2, 0) is 25.6 Å². The van der Waals surface area contributed by atoms with Crippen LogP contribution in [0.4, 0.5) is 0 Å². The highest BCUT2D eigenvalue weighted by molar-refractivity contribution is 6.23. The van der Waals surface area contributed by atoms with E-state index in [1.165, 1.54) is 24.2 Å². The molecule has 3 aliphatic carbocycles. The monoisotopic (exact) mass is 539 g/mol. The van der Waals surface area contributed by atoms with Gasteiger partial charge in [0.05, 0.1) is 18.9 Å². The number of nitrogens with zero attached hydrogens (tertiary/aromatic N) is 1. The second-order valence-electron chi connectivity index (χ2n) is 10.9. The Bertz CT molecular complexity index is 1560. The Hall–Kier alpha value is -4.46. The first-order valence-electron chi connectivity index (χ1n) is 13.4. The number of imide groups is 1. The maximum atomic E-state index is 13.8. The summed E-state index contributed by atoms with van der Waals surface area (Å²) in [6, 6.07) is 11.5. The number of hydrogen-bond donors (Lipinski definition) is 2. The van der Waals surface area contributed by atoms with Gasteiger partial charge < -0.3 is 14.9 Å². The molecule has 6 rings (SSSR count). The van der Waals surface area contributed by atoms with Crippen LogP contribution in [0.25, 0.3) is 0 Å². The number of hydrogen-bond acceptors (Lipinski definition) is 7. The Morgan fingerprint density at radius 3 is 2.45 bits per heavy atom. The molecule has 2 aromatic carbocycles. The van der Waals surface area contributed by atoms with Gasteiger partial charge in [0.2, 0.25) is 11.8 Å². The molecule has 8 nitrogen and oxygen atoms in total. The Labute approximate surface area is 231 Å². The van der Waals surface area contributed by atoms with E-state index in [1.807, 2.05) is 6.08 Å². The standard InChI is InChI=1S/C32H29NO7/c1-16-13-25(36)29-23(30(16)37)15-22-20(27(29)18-5-10-24(35)26(14-18)40-2)8-9-21-28(22)32(39)33(31(21)38)12-11-17-3-6-19(34)7-4-17/h3-8,10,13-14,21-22,27-28,34-35H,9,11-12,15H2,1-2H3/t21-,22+,27-,28-/m0/s1. The number of benzene rings is 2. The van der Waals surface area contributed by atoms with Gasteiger partial charge in [0.25, 0.3) is 0 Å². The summed E-state index contributed by atoms with van der Waals surface area (Å²) in [6.45, 7) is 1.84. The van der Waals surface area contributed by atoms with Crippen LogP contribution in [0.1, 0.15) is 36.8 Å². The van der Waals surface area contributed by atoms with Crippen molar-refractivity contribution < 1.29 is 34.1 Å². The van der Waals surface area contributed by atoms with E-state index in [1.54, 1.807) is 43.3 Å². The Morgan fingerprint density at radius 1 is 0.975 bits per heavy atom. The molecule has 0 unspecified atom stereocenters. The lowest BCUT2D eigenvalue weighted by atomic mass is 9.59. The third-order valence-corrected chi connectivity index (χ3v) is 8.75. The lowest BCUT2D eigenvalue weighted by Crippen LogP contribution is -2.40. The van der Waals surface area contributed by atoms with E-state index in [0.717, 1.165) is 11.1 Å². The number of methoxy groups -OCH3 is 1. The zero-order valence-corrected chi connectivity index (χ0v) is 22.2. The predicted molar refractivity (Wildman–Crippen MR) is 145 cm³/mol. The number of amides is 2. The minimum atomic E-state index is -0.628. The maximum Gasteiger partial charge on any atom is 0.233 e. The van der Waals surface area contributed by atoms with Gasteiger partial charge in [0, 0.05) is 29.2 Å². The molecule has 1 aliphatic heterocycles. The van der Waals surface area contributed by atoms with Crippen LogP contribution in [0.3, 0.4) is 0 Å². The molecule has 4 atom stereocenters. The molecule has 1 saturated heterocycles. The summed E-state index contributed by atoms with van der Waals surface area (Å²) in [4.78, 5) is 55.4. The fourth-order valence-corrected chi connectivity index (χ4v) is 6.82. The molecule has 40 heavy (non-hydrogen) atoms. The summed E-state index contributed by atoms with van der Waals surface area (Å²) in [6.07, 6.45) is 4.38. The highest BCUT2D eigenvalue weighted by atomic mass is 16.5. The highest BCUT2D eigenvalue weighted by Crippen LogP contribution is 2.55. The summed E-state index contributed by atoms with van der Waals surface area (Å²) in [5.74, 6) is -2.75. The van der Waals surface area contributed by atoms with Crippen molar-refractivity contribution in [3.05, 3.63) is 88.0 Å². The van der Waals surface area contributed by atoms with Gasteiger partial charge in [0.1, 0.15) is 5.75 Å². The van der Waals surface area contributed by atoms with E-state index in [0.29, 0.717) is 35.1 Å². The first-order chi connectivity index (χ1) is 19.2. The highest BCUT2D eigenvalue weighted by Gasteiger charge is 2.56. The third kappa shape index (κ3) is 3.97. The molecular weight excluding hydrogens is 510 g/mol. The van der Waals surface area contributed by atoms with Crippen molar-refractivity contribution in [3.8, 4) is 17.2 Å². The number of phenolic OH excluding ortho intramolecular Hbond substituents is 2. The maximum absolute atomic E-state index is 13.8. The number of ketones is 2.